The number of hydrogen-bond acceptors (Lipinski definition) is 5. The van der Waals surface area contributed by atoms with E-state index in [1.165, 1.54) is 4.90 Å². The van der Waals surface area contributed by atoms with Gasteiger partial charge >= 0.3 is 0 Å². The Labute approximate surface area is 141 Å². The highest BCUT2D eigenvalue weighted by Crippen LogP contribution is 2.40. The minimum Gasteiger partial charge on any atom is -0.496 e. The predicted octanol–water partition coefficient (Wildman–Crippen LogP) is 0.909. The van der Waals surface area contributed by atoms with Crippen molar-refractivity contribution in [3.63, 3.8) is 0 Å². The van der Waals surface area contributed by atoms with Crippen LogP contribution in [0.3, 0.4) is 0 Å². The summed E-state index contributed by atoms with van der Waals surface area (Å²) in [4.78, 5) is 25.9. The van der Waals surface area contributed by atoms with Gasteiger partial charge in [-0.05, 0) is 19.9 Å². The van der Waals surface area contributed by atoms with Gasteiger partial charge in [0.25, 0.3) is 0 Å². The summed E-state index contributed by atoms with van der Waals surface area (Å²) in [6.45, 7) is 3.56. The number of piperazine rings is 1. The van der Waals surface area contributed by atoms with Crippen LogP contribution in [0, 0.1) is 6.92 Å². The lowest BCUT2D eigenvalue weighted by Gasteiger charge is -2.35. The highest BCUT2D eigenvalue weighted by atomic mass is 16.5. The molecule has 1 aliphatic heterocycles. The molecule has 0 unspecified atom stereocenters. The number of ether oxygens (including phenoxy) is 3. The molecule has 24 heavy (non-hydrogen) atoms. The molecule has 1 saturated heterocycles. The Kier molecular flexibility index (Phi) is 5.21. The number of amides is 2. The molecule has 0 saturated carbocycles. The van der Waals surface area contributed by atoms with Gasteiger partial charge in [-0.1, -0.05) is 0 Å². The Hall–Kier alpha value is -2.44. The Bertz CT molecular complexity index is 659. The molecule has 132 valence electrons. The van der Waals surface area contributed by atoms with Crippen molar-refractivity contribution in [3.05, 3.63) is 17.2 Å². The molecule has 1 fully saturated rings. The van der Waals surface area contributed by atoms with Crippen LogP contribution in [0.5, 0.6) is 17.2 Å². The molecule has 0 bridgehead atoms. The van der Waals surface area contributed by atoms with Crippen LogP contribution in [0.4, 0.5) is 0 Å². The normalized spacial score (nSPS) is 20.7. The molecule has 1 aliphatic rings. The van der Waals surface area contributed by atoms with Gasteiger partial charge in [-0.2, -0.15) is 0 Å². The van der Waals surface area contributed by atoms with Crippen molar-refractivity contribution in [1.29, 1.82) is 0 Å². The zero-order valence-electron chi connectivity index (χ0n) is 14.9. The topological polar surface area (TPSA) is 77.1 Å². The first-order valence-electron chi connectivity index (χ1n) is 7.71. The van der Waals surface area contributed by atoms with Gasteiger partial charge in [0.1, 0.15) is 17.8 Å². The van der Waals surface area contributed by atoms with E-state index in [2.05, 4.69) is 5.32 Å². The van der Waals surface area contributed by atoms with E-state index in [-0.39, 0.29) is 11.8 Å². The van der Waals surface area contributed by atoms with Gasteiger partial charge in [-0.25, -0.2) is 0 Å². The minimum atomic E-state index is -0.634. The molecule has 0 aliphatic carbocycles. The molecule has 1 N–H and O–H groups in total. The average Bonchev–Trinajstić information content (AvgIpc) is 2.57. The van der Waals surface area contributed by atoms with Crippen LogP contribution < -0.4 is 19.5 Å². The standard InChI is InChI=1S/C17H24N2O5/c1-9-14(23-5)11(8-13(22-4)15(9)24-6)7-12-17(21)19(3)10(2)16(20)18-12/h8,10,12H,7H2,1-6H3,(H,18,20)/t10-,12-/m0/s1. The van der Waals surface area contributed by atoms with Crippen LogP contribution in [0.2, 0.25) is 0 Å². The lowest BCUT2D eigenvalue weighted by molar-refractivity contribution is -0.146. The summed E-state index contributed by atoms with van der Waals surface area (Å²) in [5, 5.41) is 2.77. The number of carbonyl (C=O) groups is 2. The Balaban J connectivity index is 2.40. The Morgan fingerprint density at radius 3 is 2.29 bits per heavy atom. The second-order valence-corrected chi connectivity index (χ2v) is 5.82. The minimum absolute atomic E-state index is 0.128. The average molecular weight is 336 g/mol. The third-order valence-electron chi connectivity index (χ3n) is 4.48. The number of nitrogens with one attached hydrogen (secondary N) is 1. The molecule has 1 aromatic carbocycles. The van der Waals surface area contributed by atoms with Crippen LogP contribution in [-0.2, 0) is 16.0 Å². The van der Waals surface area contributed by atoms with E-state index in [9.17, 15) is 9.59 Å². The highest BCUT2D eigenvalue weighted by molar-refractivity contribution is 5.96. The first-order valence-corrected chi connectivity index (χ1v) is 7.71. The van der Waals surface area contributed by atoms with Crippen molar-refractivity contribution in [2.45, 2.75) is 32.4 Å². The second-order valence-electron chi connectivity index (χ2n) is 5.82. The second kappa shape index (κ2) is 6.98. The number of nitrogens with zero attached hydrogens (tertiary/aromatic N) is 1. The quantitative estimate of drug-likeness (QED) is 0.865. The molecule has 0 spiro atoms. The van der Waals surface area contributed by atoms with Crippen molar-refractivity contribution in [3.8, 4) is 17.2 Å². The lowest BCUT2D eigenvalue weighted by atomic mass is 9.98. The van der Waals surface area contributed by atoms with Gasteiger partial charge in [-0.15, -0.1) is 0 Å². The molecular weight excluding hydrogens is 312 g/mol. The SMILES string of the molecule is COc1cc(C[C@@H]2NC(=O)[C@H](C)N(C)C2=O)c(OC)c(C)c1OC. The smallest absolute Gasteiger partial charge is 0.245 e. The predicted molar refractivity (Wildman–Crippen MR) is 88.7 cm³/mol. The third kappa shape index (κ3) is 2.98. The first kappa shape index (κ1) is 17.9. The summed E-state index contributed by atoms with van der Waals surface area (Å²) in [7, 11) is 6.31. The van der Waals surface area contributed by atoms with Crippen LogP contribution >= 0.6 is 0 Å². The van der Waals surface area contributed by atoms with Gasteiger partial charge in [0.05, 0.1) is 21.3 Å². The number of benzene rings is 1. The Morgan fingerprint density at radius 1 is 1.12 bits per heavy atom. The lowest BCUT2D eigenvalue weighted by Crippen LogP contribution is -2.61. The number of hydrogen-bond donors (Lipinski definition) is 1. The fourth-order valence-electron chi connectivity index (χ4n) is 2.98. The van der Waals surface area contributed by atoms with Crippen molar-refractivity contribution in [1.82, 2.24) is 10.2 Å². The van der Waals surface area contributed by atoms with Gasteiger partial charge in [-0.3, -0.25) is 9.59 Å². The maximum atomic E-state index is 12.5. The van der Waals surface area contributed by atoms with Gasteiger partial charge in [0, 0.05) is 24.6 Å². The molecular formula is C17H24N2O5. The van der Waals surface area contributed by atoms with Crippen LogP contribution in [-0.4, -0.2) is 57.2 Å². The third-order valence-corrected chi connectivity index (χ3v) is 4.48. The first-order chi connectivity index (χ1) is 11.3. The van der Waals surface area contributed by atoms with Crippen molar-refractivity contribution in [2.24, 2.45) is 0 Å². The fraction of sp³-hybridized carbons (Fsp3) is 0.529. The zero-order valence-corrected chi connectivity index (χ0v) is 14.9. The molecule has 0 radical (unpaired) electrons. The number of carbonyl (C=O) groups excluding carboxylic acids is 2. The van der Waals surface area contributed by atoms with Gasteiger partial charge < -0.3 is 24.4 Å². The van der Waals surface area contributed by atoms with Gasteiger partial charge in [0.2, 0.25) is 11.8 Å². The molecule has 2 atom stereocenters. The van der Waals surface area contributed by atoms with Crippen LogP contribution in [0.1, 0.15) is 18.1 Å². The summed E-state index contributed by atoms with van der Waals surface area (Å²) in [5.74, 6) is 1.47. The van der Waals surface area contributed by atoms with Crippen LogP contribution in [0.15, 0.2) is 6.07 Å². The number of likely N-dealkylation sites (N-methyl/N-ethyl adjacent to an activating group) is 1. The Morgan fingerprint density at radius 2 is 1.75 bits per heavy atom. The zero-order chi connectivity index (χ0) is 18.0. The molecule has 7 nitrogen and oxygen atoms in total. The maximum Gasteiger partial charge on any atom is 0.245 e. The summed E-state index contributed by atoms with van der Waals surface area (Å²) < 4.78 is 16.2. The molecule has 7 heteroatoms. The van der Waals surface area contributed by atoms with Crippen molar-refractivity contribution < 1.29 is 23.8 Å². The molecule has 2 amide bonds. The van der Waals surface area contributed by atoms with E-state index >= 15 is 0 Å². The largest absolute Gasteiger partial charge is 0.496 e. The van der Waals surface area contributed by atoms with Crippen LogP contribution in [0.25, 0.3) is 0 Å². The summed E-state index contributed by atoms with van der Waals surface area (Å²) in [6, 6.07) is 0.676. The van der Waals surface area contributed by atoms with Crippen molar-refractivity contribution in [2.75, 3.05) is 28.4 Å². The van der Waals surface area contributed by atoms with Crippen molar-refractivity contribution >= 4 is 11.8 Å². The summed E-state index contributed by atoms with van der Waals surface area (Å²) >= 11 is 0. The molecule has 0 aromatic heterocycles. The number of rotatable bonds is 5. The van der Waals surface area contributed by atoms with E-state index in [1.54, 1.807) is 41.4 Å². The highest BCUT2D eigenvalue weighted by Gasteiger charge is 2.36. The molecule has 2 rings (SSSR count). The van der Waals surface area contributed by atoms with E-state index in [0.717, 1.165) is 11.1 Å². The van der Waals surface area contributed by atoms with E-state index in [4.69, 9.17) is 14.2 Å². The molecule has 1 heterocycles. The monoisotopic (exact) mass is 336 g/mol. The van der Waals surface area contributed by atoms with E-state index in [1.807, 2.05) is 6.92 Å². The summed E-state index contributed by atoms with van der Waals surface area (Å²) in [6.07, 6.45) is 0.312. The van der Waals surface area contributed by atoms with E-state index < -0.39 is 12.1 Å². The fourth-order valence-corrected chi connectivity index (χ4v) is 2.98. The number of methoxy groups -OCH3 is 3. The van der Waals surface area contributed by atoms with Gasteiger partial charge in [0.15, 0.2) is 11.5 Å². The maximum absolute atomic E-state index is 12.5. The van der Waals surface area contributed by atoms with E-state index in [0.29, 0.717) is 23.7 Å². The summed E-state index contributed by atoms with van der Waals surface area (Å²) in [5.41, 5.74) is 1.56. The molecule has 1 aromatic rings.